The number of rotatable bonds is 3. The summed E-state index contributed by atoms with van der Waals surface area (Å²) >= 11 is 11.7. The van der Waals surface area contributed by atoms with Crippen molar-refractivity contribution in [2.75, 3.05) is 6.54 Å². The smallest absolute Gasteiger partial charge is 0.386 e. The number of carbonyl (C=O) groups excluding carboxylic acids is 2. The number of hydrogen-bond acceptors (Lipinski definition) is 4. The number of halogens is 5. The summed E-state index contributed by atoms with van der Waals surface area (Å²) in [6.07, 6.45) is -5.28. The summed E-state index contributed by atoms with van der Waals surface area (Å²) in [7, 11) is 0. The monoisotopic (exact) mass is 343 g/mol. The Balaban J connectivity index is 3.12. The average molecular weight is 344 g/mol. The van der Waals surface area contributed by atoms with Crippen molar-refractivity contribution in [3.8, 4) is 0 Å². The first-order valence-corrected chi connectivity index (χ1v) is 6.32. The van der Waals surface area contributed by atoms with Crippen LogP contribution in [0.5, 0.6) is 0 Å². The highest BCUT2D eigenvalue weighted by Crippen LogP contribution is 2.34. The van der Waals surface area contributed by atoms with Gasteiger partial charge >= 0.3 is 18.1 Å². The second-order valence-electron chi connectivity index (χ2n) is 4.09. The number of nitrogens with two attached hydrogens (primary N) is 1. The fraction of sp³-hybridized carbons (Fsp3) is 0.333. The van der Waals surface area contributed by atoms with E-state index >= 15 is 0 Å². The van der Waals surface area contributed by atoms with Gasteiger partial charge in [-0.3, -0.25) is 4.79 Å². The van der Waals surface area contributed by atoms with Gasteiger partial charge in [-0.15, -0.1) is 0 Å². The molecule has 1 atom stereocenters. The molecule has 0 aliphatic rings. The summed E-state index contributed by atoms with van der Waals surface area (Å²) < 4.78 is 40.1. The number of aryl methyl sites for hydroxylation is 1. The van der Waals surface area contributed by atoms with E-state index < -0.39 is 30.6 Å². The molecule has 21 heavy (non-hydrogen) atoms. The molecule has 2 N–H and O–H groups in total. The molecule has 0 radical (unpaired) electrons. The van der Waals surface area contributed by atoms with E-state index in [2.05, 4.69) is 4.74 Å². The van der Waals surface area contributed by atoms with Crippen molar-refractivity contribution in [1.29, 1.82) is 0 Å². The van der Waals surface area contributed by atoms with Gasteiger partial charge in [0.05, 0.1) is 16.0 Å². The zero-order valence-corrected chi connectivity index (χ0v) is 12.1. The van der Waals surface area contributed by atoms with Crippen molar-refractivity contribution >= 4 is 35.1 Å². The fourth-order valence-electron chi connectivity index (χ4n) is 1.64. The topological polar surface area (TPSA) is 69.4 Å². The first kappa shape index (κ1) is 17.7. The van der Waals surface area contributed by atoms with Gasteiger partial charge in [-0.1, -0.05) is 29.3 Å². The largest absolute Gasteiger partial charge is 0.491 e. The van der Waals surface area contributed by atoms with Crippen molar-refractivity contribution < 1.29 is 27.5 Å². The van der Waals surface area contributed by atoms with Crippen LogP contribution in [0.1, 0.15) is 17.0 Å². The molecule has 0 aliphatic heterocycles. The molecule has 0 aliphatic carbocycles. The van der Waals surface area contributed by atoms with Gasteiger partial charge in [-0.25, -0.2) is 4.79 Å². The summed E-state index contributed by atoms with van der Waals surface area (Å²) in [5.74, 6) is -5.38. The highest BCUT2D eigenvalue weighted by molar-refractivity contribution is 6.42. The van der Waals surface area contributed by atoms with E-state index in [1.165, 1.54) is 12.1 Å². The van der Waals surface area contributed by atoms with E-state index in [0.29, 0.717) is 5.56 Å². The molecule has 1 aromatic rings. The van der Waals surface area contributed by atoms with Gasteiger partial charge in [-0.05, 0) is 24.1 Å². The molecule has 0 spiro atoms. The van der Waals surface area contributed by atoms with Gasteiger partial charge in [-0.2, -0.15) is 13.2 Å². The number of alkyl halides is 3. The molecule has 0 fully saturated rings. The minimum absolute atomic E-state index is 0.0245. The molecule has 1 unspecified atom stereocenters. The first-order valence-electron chi connectivity index (χ1n) is 5.57. The standard InChI is InChI=1S/C12H10Cl2F3NO3/c1-5-2-3-7(13)9(14)8(5)6(4-18)10(19)21-11(20)12(15,16)17/h2-3,6H,4,18H2,1H3. The highest BCUT2D eigenvalue weighted by Gasteiger charge is 2.43. The Labute approximate surface area is 128 Å². The van der Waals surface area contributed by atoms with Crippen molar-refractivity contribution in [2.45, 2.75) is 19.0 Å². The number of carbonyl (C=O) groups is 2. The highest BCUT2D eigenvalue weighted by atomic mass is 35.5. The van der Waals surface area contributed by atoms with Crippen LogP contribution in [0.4, 0.5) is 13.2 Å². The molecule has 0 saturated carbocycles. The fourth-order valence-corrected chi connectivity index (χ4v) is 2.15. The first-order chi connectivity index (χ1) is 9.59. The number of hydrogen-bond donors (Lipinski definition) is 1. The van der Waals surface area contributed by atoms with E-state index in [1.807, 2.05) is 0 Å². The summed E-state index contributed by atoms with van der Waals surface area (Å²) in [5.41, 5.74) is 6.00. The summed E-state index contributed by atoms with van der Waals surface area (Å²) in [6, 6.07) is 2.98. The zero-order valence-electron chi connectivity index (χ0n) is 10.6. The summed E-state index contributed by atoms with van der Waals surface area (Å²) in [5, 5.41) is 0.0780. The molecule has 1 rings (SSSR count). The summed E-state index contributed by atoms with van der Waals surface area (Å²) in [4.78, 5) is 22.4. The molecule has 0 aromatic heterocycles. The van der Waals surface area contributed by atoms with Crippen LogP contribution in [0.15, 0.2) is 12.1 Å². The second-order valence-corrected chi connectivity index (χ2v) is 4.87. The van der Waals surface area contributed by atoms with Gasteiger partial charge in [0, 0.05) is 6.54 Å². The lowest BCUT2D eigenvalue weighted by atomic mass is 9.95. The molecule has 1 aromatic carbocycles. The SMILES string of the molecule is Cc1ccc(Cl)c(Cl)c1C(CN)C(=O)OC(=O)C(F)(F)F. The van der Waals surface area contributed by atoms with Crippen molar-refractivity contribution in [1.82, 2.24) is 0 Å². The quantitative estimate of drug-likeness (QED) is 0.676. The Morgan fingerprint density at radius 3 is 2.38 bits per heavy atom. The zero-order chi connectivity index (χ0) is 16.4. The van der Waals surface area contributed by atoms with Crippen molar-refractivity contribution in [2.24, 2.45) is 5.73 Å². The maximum absolute atomic E-state index is 12.1. The van der Waals surface area contributed by atoms with Gasteiger partial charge in [0.1, 0.15) is 0 Å². The second kappa shape index (κ2) is 6.64. The maximum atomic E-state index is 12.1. The maximum Gasteiger partial charge on any atom is 0.491 e. The third-order valence-corrected chi connectivity index (χ3v) is 3.46. The normalized spacial score (nSPS) is 12.9. The van der Waals surface area contributed by atoms with E-state index in [0.717, 1.165) is 0 Å². The van der Waals surface area contributed by atoms with Crippen LogP contribution < -0.4 is 5.73 Å². The van der Waals surface area contributed by atoms with Crippen LogP contribution in [0.25, 0.3) is 0 Å². The minimum atomic E-state index is -5.28. The Hall–Kier alpha value is -1.31. The summed E-state index contributed by atoms with van der Waals surface area (Å²) in [6.45, 7) is 1.17. The molecular weight excluding hydrogens is 334 g/mol. The van der Waals surface area contributed by atoms with Crippen LogP contribution in [0.3, 0.4) is 0 Å². The Morgan fingerprint density at radius 2 is 1.90 bits per heavy atom. The lowest BCUT2D eigenvalue weighted by Crippen LogP contribution is -2.33. The molecule has 9 heteroatoms. The Morgan fingerprint density at radius 1 is 1.33 bits per heavy atom. The van der Waals surface area contributed by atoms with Crippen LogP contribution in [-0.2, 0) is 14.3 Å². The lowest BCUT2D eigenvalue weighted by Gasteiger charge is -2.18. The van der Waals surface area contributed by atoms with Crippen LogP contribution in [0, 0.1) is 6.92 Å². The van der Waals surface area contributed by atoms with Gasteiger partial charge in [0.25, 0.3) is 0 Å². The molecular formula is C12H10Cl2F3NO3. The third kappa shape index (κ3) is 4.09. The van der Waals surface area contributed by atoms with E-state index in [-0.39, 0.29) is 15.6 Å². The van der Waals surface area contributed by atoms with Gasteiger partial charge < -0.3 is 10.5 Å². The number of benzene rings is 1. The predicted octanol–water partition coefficient (Wildman–Crippen LogP) is 2.98. The molecule has 4 nitrogen and oxygen atoms in total. The van der Waals surface area contributed by atoms with Crippen LogP contribution >= 0.6 is 23.2 Å². The Bertz CT molecular complexity index is 576. The lowest BCUT2D eigenvalue weighted by molar-refractivity contribution is -0.202. The van der Waals surface area contributed by atoms with E-state index in [4.69, 9.17) is 28.9 Å². The predicted molar refractivity (Wildman–Crippen MR) is 70.1 cm³/mol. The molecule has 0 saturated heterocycles. The average Bonchev–Trinajstić information content (AvgIpc) is 2.37. The van der Waals surface area contributed by atoms with Crippen molar-refractivity contribution in [3.05, 3.63) is 33.3 Å². The molecule has 0 amide bonds. The molecule has 0 bridgehead atoms. The van der Waals surface area contributed by atoms with Crippen LogP contribution in [-0.4, -0.2) is 24.7 Å². The minimum Gasteiger partial charge on any atom is -0.386 e. The van der Waals surface area contributed by atoms with Crippen LogP contribution in [0.2, 0.25) is 10.0 Å². The van der Waals surface area contributed by atoms with E-state index in [1.54, 1.807) is 6.92 Å². The molecule has 0 heterocycles. The molecule has 116 valence electrons. The third-order valence-electron chi connectivity index (χ3n) is 2.64. The van der Waals surface area contributed by atoms with E-state index in [9.17, 15) is 22.8 Å². The number of ether oxygens (including phenoxy) is 1. The van der Waals surface area contributed by atoms with Gasteiger partial charge in [0.2, 0.25) is 0 Å². The van der Waals surface area contributed by atoms with Crippen molar-refractivity contribution in [3.63, 3.8) is 0 Å². The van der Waals surface area contributed by atoms with Gasteiger partial charge in [0.15, 0.2) is 0 Å². The Kier molecular flexibility index (Phi) is 5.61. The number of esters is 2.